The van der Waals surface area contributed by atoms with Crippen LogP contribution in [0.4, 0.5) is 4.39 Å². The van der Waals surface area contributed by atoms with Crippen molar-refractivity contribution in [3.05, 3.63) is 35.6 Å². The van der Waals surface area contributed by atoms with Crippen molar-refractivity contribution >= 4 is 5.91 Å². The average molecular weight is 321 g/mol. The van der Waals surface area contributed by atoms with E-state index in [1.165, 1.54) is 12.1 Å². The van der Waals surface area contributed by atoms with Gasteiger partial charge in [-0.25, -0.2) is 4.39 Å². The fourth-order valence-corrected chi connectivity index (χ4v) is 3.23. The standard InChI is InChI=1S/C18H24FNO3/c1-13-2-7-17(23-13)18(21)20-10-8-16(9-11-20)22-12-14-3-5-15(19)6-4-14/h3-6,13,16-17H,2,7-12H2,1H3/t13-,17-/m0/s1. The second-order valence-corrected chi connectivity index (χ2v) is 6.47. The Morgan fingerprint density at radius 3 is 2.52 bits per heavy atom. The van der Waals surface area contributed by atoms with Gasteiger partial charge in [0, 0.05) is 13.1 Å². The van der Waals surface area contributed by atoms with Crippen LogP contribution in [0.25, 0.3) is 0 Å². The monoisotopic (exact) mass is 321 g/mol. The minimum absolute atomic E-state index is 0.131. The van der Waals surface area contributed by atoms with Crippen molar-refractivity contribution in [2.24, 2.45) is 0 Å². The Morgan fingerprint density at radius 1 is 1.22 bits per heavy atom. The first-order valence-corrected chi connectivity index (χ1v) is 8.42. The predicted molar refractivity (Wildman–Crippen MR) is 84.4 cm³/mol. The summed E-state index contributed by atoms with van der Waals surface area (Å²) in [5, 5.41) is 0. The van der Waals surface area contributed by atoms with Crippen molar-refractivity contribution in [1.82, 2.24) is 4.90 Å². The van der Waals surface area contributed by atoms with E-state index in [9.17, 15) is 9.18 Å². The van der Waals surface area contributed by atoms with E-state index in [-0.39, 0.29) is 30.0 Å². The van der Waals surface area contributed by atoms with Crippen LogP contribution in [0.2, 0.25) is 0 Å². The summed E-state index contributed by atoms with van der Waals surface area (Å²) in [6, 6.07) is 6.38. The van der Waals surface area contributed by atoms with Crippen LogP contribution in [0.3, 0.4) is 0 Å². The summed E-state index contributed by atoms with van der Waals surface area (Å²) >= 11 is 0. The number of likely N-dealkylation sites (tertiary alicyclic amines) is 1. The molecule has 0 spiro atoms. The second kappa shape index (κ2) is 7.41. The highest BCUT2D eigenvalue weighted by atomic mass is 19.1. The number of amides is 1. The first-order chi connectivity index (χ1) is 11.1. The molecule has 0 bridgehead atoms. The third-order valence-electron chi connectivity index (χ3n) is 4.66. The first kappa shape index (κ1) is 16.4. The predicted octanol–water partition coefficient (Wildman–Crippen LogP) is 2.90. The number of piperidine rings is 1. The molecule has 23 heavy (non-hydrogen) atoms. The molecule has 5 heteroatoms. The first-order valence-electron chi connectivity index (χ1n) is 8.42. The molecule has 0 aliphatic carbocycles. The lowest BCUT2D eigenvalue weighted by atomic mass is 10.1. The van der Waals surface area contributed by atoms with Crippen molar-refractivity contribution in [3.8, 4) is 0 Å². The van der Waals surface area contributed by atoms with Gasteiger partial charge in [-0.3, -0.25) is 4.79 Å². The molecule has 1 aromatic carbocycles. The summed E-state index contributed by atoms with van der Waals surface area (Å²) in [7, 11) is 0. The Kier molecular flexibility index (Phi) is 5.28. The molecule has 2 aliphatic heterocycles. The van der Waals surface area contributed by atoms with Crippen LogP contribution in [0.5, 0.6) is 0 Å². The average Bonchev–Trinajstić information content (AvgIpc) is 3.01. The van der Waals surface area contributed by atoms with Crippen molar-refractivity contribution in [2.75, 3.05) is 13.1 Å². The number of nitrogens with zero attached hydrogens (tertiary/aromatic N) is 1. The molecule has 2 atom stereocenters. The van der Waals surface area contributed by atoms with Crippen LogP contribution in [-0.2, 0) is 20.9 Å². The zero-order valence-corrected chi connectivity index (χ0v) is 13.5. The highest BCUT2D eigenvalue weighted by Gasteiger charge is 2.33. The fourth-order valence-electron chi connectivity index (χ4n) is 3.23. The smallest absolute Gasteiger partial charge is 0.251 e. The maximum atomic E-state index is 12.9. The van der Waals surface area contributed by atoms with Gasteiger partial charge in [0.05, 0.1) is 18.8 Å². The molecule has 2 fully saturated rings. The second-order valence-electron chi connectivity index (χ2n) is 6.47. The molecule has 2 heterocycles. The topological polar surface area (TPSA) is 38.8 Å². The summed E-state index contributed by atoms with van der Waals surface area (Å²) < 4.78 is 24.4. The van der Waals surface area contributed by atoms with Gasteiger partial charge in [0.1, 0.15) is 11.9 Å². The molecule has 0 unspecified atom stereocenters. The number of ether oxygens (including phenoxy) is 2. The van der Waals surface area contributed by atoms with Crippen molar-refractivity contribution in [1.29, 1.82) is 0 Å². The minimum atomic E-state index is -0.248. The summed E-state index contributed by atoms with van der Waals surface area (Å²) in [6.07, 6.45) is 3.59. The van der Waals surface area contributed by atoms with Crippen LogP contribution in [0.15, 0.2) is 24.3 Å². The lowest BCUT2D eigenvalue weighted by Crippen LogP contribution is -2.45. The van der Waals surface area contributed by atoms with Gasteiger partial charge >= 0.3 is 0 Å². The largest absolute Gasteiger partial charge is 0.373 e. The summed E-state index contributed by atoms with van der Waals surface area (Å²) in [4.78, 5) is 14.3. The third-order valence-corrected chi connectivity index (χ3v) is 4.66. The van der Waals surface area contributed by atoms with E-state index in [0.717, 1.165) is 44.3 Å². The molecule has 1 amide bonds. The van der Waals surface area contributed by atoms with E-state index in [2.05, 4.69) is 0 Å². The van der Waals surface area contributed by atoms with Gasteiger partial charge in [0.15, 0.2) is 0 Å². The van der Waals surface area contributed by atoms with Crippen LogP contribution < -0.4 is 0 Å². The zero-order valence-electron chi connectivity index (χ0n) is 13.5. The van der Waals surface area contributed by atoms with E-state index in [0.29, 0.717) is 6.61 Å². The van der Waals surface area contributed by atoms with Gasteiger partial charge < -0.3 is 14.4 Å². The minimum Gasteiger partial charge on any atom is -0.373 e. The molecule has 4 nitrogen and oxygen atoms in total. The van der Waals surface area contributed by atoms with E-state index in [4.69, 9.17) is 9.47 Å². The number of hydrogen-bond donors (Lipinski definition) is 0. The lowest BCUT2D eigenvalue weighted by Gasteiger charge is -2.33. The van der Waals surface area contributed by atoms with Crippen LogP contribution in [0.1, 0.15) is 38.2 Å². The molecule has 2 saturated heterocycles. The molecule has 0 saturated carbocycles. The molecule has 126 valence electrons. The van der Waals surface area contributed by atoms with Crippen molar-refractivity contribution in [2.45, 2.75) is 57.5 Å². The summed E-state index contributed by atoms with van der Waals surface area (Å²) in [6.45, 7) is 3.95. The summed E-state index contributed by atoms with van der Waals surface area (Å²) in [5.74, 6) is -0.102. The quantitative estimate of drug-likeness (QED) is 0.856. The van der Waals surface area contributed by atoms with E-state index >= 15 is 0 Å². The number of hydrogen-bond acceptors (Lipinski definition) is 3. The Hall–Kier alpha value is -1.46. The van der Waals surface area contributed by atoms with Gasteiger partial charge in [-0.1, -0.05) is 12.1 Å². The van der Waals surface area contributed by atoms with Crippen molar-refractivity contribution in [3.63, 3.8) is 0 Å². The fraction of sp³-hybridized carbons (Fsp3) is 0.611. The Labute approximate surface area is 136 Å². The van der Waals surface area contributed by atoms with E-state index in [1.807, 2.05) is 11.8 Å². The van der Waals surface area contributed by atoms with E-state index < -0.39 is 0 Å². The highest BCUT2D eigenvalue weighted by Crippen LogP contribution is 2.23. The maximum Gasteiger partial charge on any atom is 0.251 e. The van der Waals surface area contributed by atoms with Gasteiger partial charge in [0.25, 0.3) is 5.91 Å². The van der Waals surface area contributed by atoms with Crippen molar-refractivity contribution < 1.29 is 18.7 Å². The maximum absolute atomic E-state index is 12.9. The molecule has 1 aromatic rings. The zero-order chi connectivity index (χ0) is 16.2. The SMILES string of the molecule is C[C@H]1CC[C@@H](C(=O)N2CCC(OCc3ccc(F)cc3)CC2)O1. The van der Waals surface area contributed by atoms with Gasteiger partial charge in [-0.05, 0) is 50.3 Å². The third kappa shape index (κ3) is 4.30. The summed E-state index contributed by atoms with van der Waals surface area (Å²) in [5.41, 5.74) is 0.971. The Balaban J connectivity index is 1.41. The normalized spacial score (nSPS) is 25.7. The highest BCUT2D eigenvalue weighted by molar-refractivity contribution is 5.81. The molecular weight excluding hydrogens is 297 g/mol. The number of carbonyl (C=O) groups is 1. The molecular formula is C18H24FNO3. The molecule has 3 rings (SSSR count). The molecule has 0 aromatic heterocycles. The Bertz CT molecular complexity index is 526. The van der Waals surface area contributed by atoms with Gasteiger partial charge in [-0.2, -0.15) is 0 Å². The van der Waals surface area contributed by atoms with Crippen LogP contribution in [0, 0.1) is 5.82 Å². The van der Waals surface area contributed by atoms with Gasteiger partial charge in [-0.15, -0.1) is 0 Å². The van der Waals surface area contributed by atoms with Gasteiger partial charge in [0.2, 0.25) is 0 Å². The molecule has 0 N–H and O–H groups in total. The molecule has 0 radical (unpaired) electrons. The number of halogens is 1. The van der Waals surface area contributed by atoms with Crippen LogP contribution in [-0.4, -0.2) is 42.2 Å². The number of rotatable bonds is 4. The number of benzene rings is 1. The van der Waals surface area contributed by atoms with Crippen LogP contribution >= 0.6 is 0 Å². The lowest BCUT2D eigenvalue weighted by molar-refractivity contribution is -0.145. The van der Waals surface area contributed by atoms with E-state index in [1.54, 1.807) is 12.1 Å². The number of carbonyl (C=O) groups excluding carboxylic acids is 1. The molecule has 2 aliphatic rings. The Morgan fingerprint density at radius 2 is 1.91 bits per heavy atom.